The molecule has 0 bridgehead atoms. The fourth-order valence-electron chi connectivity index (χ4n) is 4.07. The Morgan fingerprint density at radius 3 is 2.65 bits per heavy atom. The second kappa shape index (κ2) is 10.4. The average molecular weight is 482 g/mol. The van der Waals surface area contributed by atoms with Crippen molar-refractivity contribution in [3.63, 3.8) is 0 Å². The van der Waals surface area contributed by atoms with Gasteiger partial charge in [0.15, 0.2) is 12.4 Å². The van der Waals surface area contributed by atoms with E-state index in [9.17, 15) is 9.59 Å². The zero-order valence-corrected chi connectivity index (χ0v) is 21.0. The predicted molar refractivity (Wildman–Crippen MR) is 133 cm³/mol. The van der Waals surface area contributed by atoms with Crippen molar-refractivity contribution < 1.29 is 19.1 Å². The van der Waals surface area contributed by atoms with Gasteiger partial charge in [-0.15, -0.1) is 11.3 Å². The average Bonchev–Trinajstić information content (AvgIpc) is 3.41. The molecule has 1 amide bonds. The molecule has 2 heterocycles. The predicted octanol–water partition coefficient (Wildman–Crippen LogP) is 5.68. The van der Waals surface area contributed by atoms with E-state index in [1.165, 1.54) is 11.3 Å². The lowest BCUT2D eigenvalue weighted by atomic mass is 9.95. The van der Waals surface area contributed by atoms with Gasteiger partial charge in [-0.05, 0) is 87.8 Å². The van der Waals surface area contributed by atoms with E-state index >= 15 is 0 Å². The molecule has 1 atom stereocenters. The maximum Gasteiger partial charge on any atom is 0.341 e. The van der Waals surface area contributed by atoms with E-state index in [0.717, 1.165) is 59.4 Å². The summed E-state index contributed by atoms with van der Waals surface area (Å²) in [5.74, 6) is 0.0328. The topological polar surface area (TPSA) is 82.5 Å². The van der Waals surface area contributed by atoms with Crippen LogP contribution in [-0.4, -0.2) is 27.8 Å². The van der Waals surface area contributed by atoms with Gasteiger partial charge < -0.3 is 14.8 Å². The summed E-state index contributed by atoms with van der Waals surface area (Å²) in [6.07, 6.45) is 6.14. The normalized spacial score (nSPS) is 13.8. The lowest BCUT2D eigenvalue weighted by Crippen LogP contribution is -2.19. The van der Waals surface area contributed by atoms with Crippen LogP contribution in [-0.2, 0) is 24.3 Å². The minimum absolute atomic E-state index is 0.178. The molecule has 1 aliphatic rings. The number of aromatic nitrogens is 2. The molecule has 4 rings (SSSR count). The van der Waals surface area contributed by atoms with Crippen LogP contribution in [0.5, 0.6) is 5.75 Å². The quantitative estimate of drug-likeness (QED) is 0.418. The van der Waals surface area contributed by atoms with E-state index in [1.807, 2.05) is 39.8 Å². The summed E-state index contributed by atoms with van der Waals surface area (Å²) in [6.45, 7) is 8.08. The molecular weight excluding hydrogens is 450 g/mol. The molecule has 180 valence electrons. The molecule has 0 fully saturated rings. The monoisotopic (exact) mass is 481 g/mol. The SMILES string of the molecule is CCC(C)OC(=O)c1c(NC(=O)c2ccn(COc3cc(C)cc(C)c3)n2)sc2c1CCCC2. The number of esters is 1. The molecular formula is C26H31N3O4S. The van der Waals surface area contributed by atoms with Gasteiger partial charge in [-0.2, -0.15) is 5.10 Å². The number of nitrogens with zero attached hydrogens (tertiary/aromatic N) is 2. The Morgan fingerprint density at radius 2 is 1.91 bits per heavy atom. The van der Waals surface area contributed by atoms with Gasteiger partial charge in [0, 0.05) is 11.1 Å². The number of carbonyl (C=O) groups excluding carboxylic acids is 2. The number of hydrogen-bond donors (Lipinski definition) is 1. The van der Waals surface area contributed by atoms with Gasteiger partial charge in [-0.25, -0.2) is 9.48 Å². The Morgan fingerprint density at radius 1 is 1.18 bits per heavy atom. The van der Waals surface area contributed by atoms with Crippen LogP contribution >= 0.6 is 11.3 Å². The van der Waals surface area contributed by atoms with Crippen LogP contribution in [0.2, 0.25) is 0 Å². The van der Waals surface area contributed by atoms with Crippen molar-refractivity contribution in [1.29, 1.82) is 0 Å². The molecule has 3 aromatic rings. The van der Waals surface area contributed by atoms with E-state index < -0.39 is 0 Å². The maximum atomic E-state index is 13.0. The molecule has 1 unspecified atom stereocenters. The molecule has 1 aliphatic carbocycles. The molecule has 2 aromatic heterocycles. The fraction of sp³-hybridized carbons (Fsp3) is 0.423. The Hall–Kier alpha value is -3.13. The second-order valence-electron chi connectivity index (χ2n) is 8.83. The van der Waals surface area contributed by atoms with Crippen LogP contribution in [0.1, 0.15) is 75.5 Å². The number of amides is 1. The van der Waals surface area contributed by atoms with Crippen LogP contribution in [0.3, 0.4) is 0 Å². The van der Waals surface area contributed by atoms with Crippen LogP contribution in [0, 0.1) is 13.8 Å². The lowest BCUT2D eigenvalue weighted by Gasteiger charge is -2.15. The number of rotatable bonds is 8. The summed E-state index contributed by atoms with van der Waals surface area (Å²) in [5, 5.41) is 7.82. The van der Waals surface area contributed by atoms with Crippen LogP contribution in [0.25, 0.3) is 0 Å². The molecule has 1 N–H and O–H groups in total. The first-order valence-electron chi connectivity index (χ1n) is 11.8. The lowest BCUT2D eigenvalue weighted by molar-refractivity contribution is 0.0335. The zero-order chi connectivity index (χ0) is 24.2. The summed E-state index contributed by atoms with van der Waals surface area (Å²) < 4.78 is 13.0. The molecule has 8 heteroatoms. The van der Waals surface area contributed by atoms with E-state index in [1.54, 1.807) is 16.9 Å². The number of benzene rings is 1. The van der Waals surface area contributed by atoms with Gasteiger partial charge in [-0.3, -0.25) is 4.79 Å². The van der Waals surface area contributed by atoms with Crippen LogP contribution in [0.4, 0.5) is 5.00 Å². The number of carbonyl (C=O) groups is 2. The van der Waals surface area contributed by atoms with Crippen molar-refractivity contribution in [3.8, 4) is 5.75 Å². The number of ether oxygens (including phenoxy) is 2. The van der Waals surface area contributed by atoms with Crippen molar-refractivity contribution in [2.75, 3.05) is 5.32 Å². The molecule has 0 spiro atoms. The highest BCUT2D eigenvalue weighted by Crippen LogP contribution is 2.39. The van der Waals surface area contributed by atoms with Crippen molar-refractivity contribution in [2.45, 2.75) is 72.6 Å². The number of anilines is 1. The number of thiophene rings is 1. The van der Waals surface area contributed by atoms with Crippen molar-refractivity contribution >= 4 is 28.2 Å². The number of aryl methyl sites for hydroxylation is 3. The number of nitrogens with one attached hydrogen (secondary N) is 1. The van der Waals surface area contributed by atoms with Gasteiger partial charge in [0.05, 0.1) is 11.7 Å². The molecule has 34 heavy (non-hydrogen) atoms. The summed E-state index contributed by atoms with van der Waals surface area (Å²) >= 11 is 1.47. The first-order valence-corrected chi connectivity index (χ1v) is 12.6. The Balaban J connectivity index is 1.48. The summed E-state index contributed by atoms with van der Waals surface area (Å²) in [7, 11) is 0. The minimum Gasteiger partial charge on any atom is -0.471 e. The molecule has 0 aliphatic heterocycles. The van der Waals surface area contributed by atoms with Gasteiger partial charge in [0.1, 0.15) is 10.8 Å². The third-order valence-electron chi connectivity index (χ3n) is 5.92. The molecule has 0 saturated carbocycles. The Bertz CT molecular complexity index is 1180. The minimum atomic E-state index is -0.364. The van der Waals surface area contributed by atoms with Crippen LogP contribution in [0.15, 0.2) is 30.5 Å². The Kier molecular flexibility index (Phi) is 7.36. The molecule has 7 nitrogen and oxygen atoms in total. The van der Waals surface area contributed by atoms with E-state index in [-0.39, 0.29) is 30.4 Å². The van der Waals surface area contributed by atoms with Crippen molar-refractivity contribution in [2.24, 2.45) is 0 Å². The molecule has 0 saturated heterocycles. The standard InChI is InChI=1S/C26H31N3O4S/c1-5-18(4)33-26(31)23-20-8-6-7-9-22(20)34-25(23)27-24(30)21-10-11-29(28-21)15-32-19-13-16(2)12-17(3)14-19/h10-14,18H,5-9,15H2,1-4H3,(H,27,30). The maximum absolute atomic E-state index is 13.0. The van der Waals surface area contributed by atoms with Crippen molar-refractivity contribution in [1.82, 2.24) is 9.78 Å². The van der Waals surface area contributed by atoms with Gasteiger partial charge in [0.2, 0.25) is 0 Å². The number of hydrogen-bond acceptors (Lipinski definition) is 6. The smallest absolute Gasteiger partial charge is 0.341 e. The highest BCUT2D eigenvalue weighted by molar-refractivity contribution is 7.17. The van der Waals surface area contributed by atoms with Gasteiger partial charge >= 0.3 is 5.97 Å². The van der Waals surface area contributed by atoms with Crippen molar-refractivity contribution in [3.05, 3.63) is 63.3 Å². The van der Waals surface area contributed by atoms with Gasteiger partial charge in [-0.1, -0.05) is 13.0 Å². The van der Waals surface area contributed by atoms with E-state index in [4.69, 9.17) is 9.47 Å². The first-order chi connectivity index (χ1) is 16.3. The third-order valence-corrected chi connectivity index (χ3v) is 7.12. The number of fused-ring (bicyclic) bond motifs is 1. The summed E-state index contributed by atoms with van der Waals surface area (Å²) in [4.78, 5) is 27.1. The Labute approximate surface area is 204 Å². The fourth-order valence-corrected chi connectivity index (χ4v) is 5.35. The highest BCUT2D eigenvalue weighted by atomic mass is 32.1. The summed E-state index contributed by atoms with van der Waals surface area (Å²) in [5.41, 5.74) is 4.03. The van der Waals surface area contributed by atoms with E-state index in [2.05, 4.69) is 16.5 Å². The van der Waals surface area contributed by atoms with Crippen LogP contribution < -0.4 is 10.1 Å². The largest absolute Gasteiger partial charge is 0.471 e. The second-order valence-corrected chi connectivity index (χ2v) is 9.94. The summed E-state index contributed by atoms with van der Waals surface area (Å²) in [6, 6.07) is 7.65. The van der Waals surface area contributed by atoms with E-state index in [0.29, 0.717) is 10.6 Å². The molecule has 0 radical (unpaired) electrons. The van der Waals surface area contributed by atoms with Gasteiger partial charge in [0.25, 0.3) is 5.91 Å². The third kappa shape index (κ3) is 5.50. The zero-order valence-electron chi connectivity index (χ0n) is 20.1. The highest BCUT2D eigenvalue weighted by Gasteiger charge is 2.28. The first kappa shape index (κ1) is 24.0. The molecule has 1 aromatic carbocycles.